The van der Waals surface area contributed by atoms with Crippen LogP contribution in [0.1, 0.15) is 36.8 Å². The number of likely N-dealkylation sites (tertiary alicyclic amines) is 2. The smallest absolute Gasteiger partial charge is 0.319 e. The molecule has 1 aliphatic carbocycles. The number of ether oxygens (including phenoxy) is 1. The van der Waals surface area contributed by atoms with Gasteiger partial charge in [-0.05, 0) is 74.9 Å². The summed E-state index contributed by atoms with van der Waals surface area (Å²) in [6, 6.07) is 2.88. The number of anilines is 1. The van der Waals surface area contributed by atoms with Crippen LogP contribution in [0.25, 0.3) is 22.2 Å². The third-order valence-corrected chi connectivity index (χ3v) is 9.44. The van der Waals surface area contributed by atoms with Crippen molar-refractivity contribution in [3.63, 3.8) is 0 Å². The van der Waals surface area contributed by atoms with Crippen molar-refractivity contribution < 1.29 is 22.7 Å². The first-order valence-electron chi connectivity index (χ1n) is 14.7. The zero-order valence-electron chi connectivity index (χ0n) is 23.5. The van der Waals surface area contributed by atoms with Gasteiger partial charge in [0.2, 0.25) is 5.91 Å². The van der Waals surface area contributed by atoms with Crippen LogP contribution in [0, 0.1) is 11.6 Å². The van der Waals surface area contributed by atoms with Gasteiger partial charge in [0.25, 0.3) is 0 Å². The van der Waals surface area contributed by atoms with Gasteiger partial charge in [-0.2, -0.15) is 9.97 Å². The number of halogens is 3. The molecule has 0 N–H and O–H groups in total. The van der Waals surface area contributed by atoms with Crippen molar-refractivity contribution in [2.75, 3.05) is 38.2 Å². The van der Waals surface area contributed by atoms with E-state index in [1.807, 2.05) is 16.8 Å². The molecule has 220 valence electrons. The van der Waals surface area contributed by atoms with Gasteiger partial charge in [0.1, 0.15) is 35.6 Å². The van der Waals surface area contributed by atoms with E-state index < -0.39 is 12.0 Å². The number of hydrogen-bond donors (Lipinski definition) is 0. The van der Waals surface area contributed by atoms with Gasteiger partial charge in [0, 0.05) is 37.4 Å². The van der Waals surface area contributed by atoms with Crippen molar-refractivity contribution in [2.24, 2.45) is 0 Å². The molecule has 1 amide bonds. The maximum Gasteiger partial charge on any atom is 0.319 e. The molecule has 4 atom stereocenters. The van der Waals surface area contributed by atoms with E-state index in [-0.39, 0.29) is 53.7 Å². The quantitative estimate of drug-likeness (QED) is 0.405. The van der Waals surface area contributed by atoms with E-state index in [0.29, 0.717) is 61.2 Å². The molecule has 0 saturated carbocycles. The molecule has 5 heterocycles. The highest BCUT2D eigenvalue weighted by molar-refractivity contribution is 5.93. The minimum absolute atomic E-state index is 0.00543. The molecule has 7 rings (SSSR count). The Kier molecular flexibility index (Phi) is 6.79. The van der Waals surface area contributed by atoms with Gasteiger partial charge >= 0.3 is 6.01 Å². The Morgan fingerprint density at radius 3 is 2.71 bits per heavy atom. The predicted molar refractivity (Wildman–Crippen MR) is 152 cm³/mol. The van der Waals surface area contributed by atoms with Crippen molar-refractivity contribution in [2.45, 2.75) is 62.8 Å². The number of fused-ring (bicyclic) bond motifs is 3. The van der Waals surface area contributed by atoms with E-state index in [4.69, 9.17) is 9.72 Å². The number of amides is 1. The summed E-state index contributed by atoms with van der Waals surface area (Å²) in [7, 11) is 1.85. The largest absolute Gasteiger partial charge is 0.462 e. The van der Waals surface area contributed by atoms with Crippen LogP contribution in [-0.2, 0) is 17.6 Å². The third-order valence-electron chi connectivity index (χ3n) is 9.44. The number of rotatable bonds is 6. The monoisotopic (exact) mass is 578 g/mol. The zero-order chi connectivity index (χ0) is 29.1. The van der Waals surface area contributed by atoms with Crippen LogP contribution in [0.15, 0.2) is 31.0 Å². The summed E-state index contributed by atoms with van der Waals surface area (Å²) in [5, 5.41) is 0.438. The number of likely N-dealkylation sites (N-methyl/N-ethyl adjacent to an activating group) is 1. The molecule has 0 unspecified atom stereocenters. The molecule has 1 aromatic carbocycles. The van der Waals surface area contributed by atoms with Gasteiger partial charge < -0.3 is 14.5 Å². The average molecular weight is 579 g/mol. The van der Waals surface area contributed by atoms with E-state index in [9.17, 15) is 13.6 Å². The second-order valence-electron chi connectivity index (χ2n) is 11.8. The number of aromatic nitrogens is 3. The molecular weight excluding hydrogens is 545 g/mol. The topological polar surface area (TPSA) is 74.7 Å². The molecule has 8 nitrogen and oxygen atoms in total. The summed E-state index contributed by atoms with van der Waals surface area (Å²) in [5.74, 6) is -0.499. The van der Waals surface area contributed by atoms with E-state index in [2.05, 4.69) is 21.4 Å². The van der Waals surface area contributed by atoms with Crippen molar-refractivity contribution in [3.05, 3.63) is 53.7 Å². The molecule has 42 heavy (non-hydrogen) atoms. The van der Waals surface area contributed by atoms with Gasteiger partial charge in [0.05, 0.1) is 17.5 Å². The van der Waals surface area contributed by atoms with Crippen molar-refractivity contribution in [1.29, 1.82) is 0 Å². The Balaban J connectivity index is 1.29. The number of pyridine rings is 1. The fourth-order valence-electron chi connectivity index (χ4n) is 7.17. The van der Waals surface area contributed by atoms with Crippen LogP contribution >= 0.6 is 0 Å². The predicted octanol–water partition coefficient (Wildman–Crippen LogP) is 4.25. The minimum atomic E-state index is -0.925. The zero-order valence-corrected chi connectivity index (χ0v) is 23.5. The summed E-state index contributed by atoms with van der Waals surface area (Å²) in [5.41, 5.74) is 2.19. The fraction of sp³-hybridized carbons (Fsp3) is 0.484. The first-order chi connectivity index (χ1) is 20.3. The lowest BCUT2D eigenvalue weighted by Gasteiger charge is -2.47. The molecule has 4 aliphatic rings. The van der Waals surface area contributed by atoms with Crippen LogP contribution < -0.4 is 9.64 Å². The van der Waals surface area contributed by atoms with E-state index in [1.54, 1.807) is 12.3 Å². The number of benzene rings is 1. The molecule has 2 aromatic heterocycles. The van der Waals surface area contributed by atoms with Crippen LogP contribution in [0.5, 0.6) is 6.01 Å². The van der Waals surface area contributed by atoms with Gasteiger partial charge in [0.15, 0.2) is 5.82 Å². The Bertz CT molecular complexity index is 1580. The highest BCUT2D eigenvalue weighted by Gasteiger charge is 2.49. The summed E-state index contributed by atoms with van der Waals surface area (Å²) in [6.07, 6.45) is 6.15. The number of carbonyl (C=O) groups is 1. The molecule has 3 aromatic rings. The van der Waals surface area contributed by atoms with Crippen LogP contribution in [0.3, 0.4) is 0 Å². The third kappa shape index (κ3) is 4.40. The molecule has 0 bridgehead atoms. The standard InChI is InChI=1S/C31H33F3N6O2/c1-3-26(41)39-11-10-24-25(39)15-40(24)30-22-13-35-28(21-8-9-23(33)20-7-5-4-6-19(20)21)27(34)29(22)36-31(37-30)42-16-18-12-17(32)14-38(18)2/h3,8-9,13,17-18,24-25H,1,4-7,10-12,14-16H2,2H3/t17-,18+,24+,25-/m1/s1. The van der Waals surface area contributed by atoms with Crippen molar-refractivity contribution in [1.82, 2.24) is 24.8 Å². The SMILES string of the molecule is C=CC(=O)N1CC[C@H]2[C@H]1CN2c1nc(OC[C@@H]2C[C@@H](F)CN2C)nc2c(F)c(-c3ccc(F)c4c3CCCC4)ncc12. The van der Waals surface area contributed by atoms with E-state index in [1.165, 1.54) is 12.1 Å². The van der Waals surface area contributed by atoms with Gasteiger partial charge in [-0.1, -0.05) is 6.58 Å². The average Bonchev–Trinajstić information content (AvgIpc) is 3.49. The summed E-state index contributed by atoms with van der Waals surface area (Å²) < 4.78 is 51.1. The Morgan fingerprint density at radius 2 is 1.95 bits per heavy atom. The highest BCUT2D eigenvalue weighted by Crippen LogP contribution is 2.41. The summed E-state index contributed by atoms with van der Waals surface area (Å²) >= 11 is 0. The van der Waals surface area contributed by atoms with Crippen molar-refractivity contribution in [3.8, 4) is 17.3 Å². The van der Waals surface area contributed by atoms with E-state index in [0.717, 1.165) is 24.8 Å². The van der Waals surface area contributed by atoms with Gasteiger partial charge in [-0.15, -0.1) is 0 Å². The number of carbonyl (C=O) groups excluding carboxylic acids is 1. The Morgan fingerprint density at radius 1 is 1.14 bits per heavy atom. The molecule has 3 aliphatic heterocycles. The summed E-state index contributed by atoms with van der Waals surface area (Å²) in [6.45, 7) is 5.25. The molecule has 11 heteroatoms. The lowest BCUT2D eigenvalue weighted by Crippen LogP contribution is -2.63. The first kappa shape index (κ1) is 27.1. The molecule has 0 radical (unpaired) electrons. The molecule has 3 saturated heterocycles. The second kappa shape index (κ2) is 10.5. The highest BCUT2D eigenvalue weighted by atomic mass is 19.1. The fourth-order valence-corrected chi connectivity index (χ4v) is 7.17. The van der Waals surface area contributed by atoms with Crippen molar-refractivity contribution >= 4 is 22.6 Å². The molecule has 0 spiro atoms. The second-order valence-corrected chi connectivity index (χ2v) is 11.8. The molecule has 3 fully saturated rings. The van der Waals surface area contributed by atoms with Crippen LogP contribution in [0.2, 0.25) is 0 Å². The van der Waals surface area contributed by atoms with Crippen LogP contribution in [-0.4, -0.2) is 88.2 Å². The van der Waals surface area contributed by atoms with Crippen LogP contribution in [0.4, 0.5) is 19.0 Å². The maximum atomic E-state index is 16.5. The normalized spacial score (nSPS) is 25.3. The first-order valence-corrected chi connectivity index (χ1v) is 14.7. The maximum absolute atomic E-state index is 16.5. The lowest BCUT2D eigenvalue weighted by molar-refractivity contribution is -0.127. The molecular formula is C31H33F3N6O2. The summed E-state index contributed by atoms with van der Waals surface area (Å²) in [4.78, 5) is 31.9. The number of nitrogens with zero attached hydrogens (tertiary/aromatic N) is 6. The number of hydrogen-bond acceptors (Lipinski definition) is 7. The minimum Gasteiger partial charge on any atom is -0.462 e. The Hall–Kier alpha value is -3.73. The Labute approximate surface area is 242 Å². The van der Waals surface area contributed by atoms with Gasteiger partial charge in [-0.25, -0.2) is 13.2 Å². The van der Waals surface area contributed by atoms with Gasteiger partial charge in [-0.3, -0.25) is 14.7 Å². The lowest BCUT2D eigenvalue weighted by atomic mass is 9.86. The van der Waals surface area contributed by atoms with E-state index >= 15 is 4.39 Å². The number of alkyl halides is 1.